The molecule has 0 spiro atoms. The van der Waals surface area contributed by atoms with Gasteiger partial charge in [0.25, 0.3) is 0 Å². The summed E-state index contributed by atoms with van der Waals surface area (Å²) in [5.41, 5.74) is 3.92. The lowest BCUT2D eigenvalue weighted by Gasteiger charge is -2.40. The molecule has 2 fully saturated rings. The Morgan fingerprint density at radius 3 is 2.50 bits per heavy atom. The van der Waals surface area contributed by atoms with E-state index in [1.807, 2.05) is 31.2 Å². The third-order valence-electron chi connectivity index (χ3n) is 7.26. The zero-order chi connectivity index (χ0) is 25.6. The van der Waals surface area contributed by atoms with E-state index >= 15 is 0 Å². The number of likely N-dealkylation sites (tertiary alicyclic amines) is 1. The molecule has 1 aromatic carbocycles. The number of benzene rings is 1. The maximum absolute atomic E-state index is 13.1. The molecule has 36 heavy (non-hydrogen) atoms. The van der Waals surface area contributed by atoms with Crippen LogP contribution in [0.5, 0.6) is 0 Å². The molecule has 0 bridgehead atoms. The van der Waals surface area contributed by atoms with Crippen molar-refractivity contribution in [1.82, 2.24) is 19.6 Å². The van der Waals surface area contributed by atoms with Crippen LogP contribution in [0.25, 0.3) is 11.0 Å². The molecule has 5 rings (SSSR count). The Balaban J connectivity index is 1.18. The Morgan fingerprint density at radius 2 is 1.78 bits per heavy atom. The number of hydrogen-bond acceptors (Lipinski definition) is 6. The zero-order valence-corrected chi connectivity index (χ0v) is 21.5. The number of carbonyl (C=O) groups excluding carboxylic acids is 2. The van der Waals surface area contributed by atoms with Gasteiger partial charge < -0.3 is 0 Å². The van der Waals surface area contributed by atoms with E-state index in [1.54, 1.807) is 32.2 Å². The molecule has 3 heterocycles. The Hall–Kier alpha value is -3.17. The standard InChI is InChI=1S/C27H30N4O4S/c1-16-11-17(2)25(18(3)12-16)36(34,35)30-23-15-24(32)31(27(23)33)22-13-19(14-22)6-8-21-9-7-20-5-4-10-28-26(20)29-21/h4-5,7,9-12,19,22-23,30H,6,8,13-15H2,1-3H3/t19?,22?,23-/m0/s1. The predicted octanol–water partition coefficient (Wildman–Crippen LogP) is 3.37. The van der Waals surface area contributed by atoms with Crippen molar-refractivity contribution in [2.75, 3.05) is 0 Å². The van der Waals surface area contributed by atoms with Gasteiger partial charge in [0.05, 0.1) is 11.3 Å². The summed E-state index contributed by atoms with van der Waals surface area (Å²) in [5, 5.41) is 1.01. The lowest BCUT2D eigenvalue weighted by atomic mass is 9.76. The van der Waals surface area contributed by atoms with Gasteiger partial charge >= 0.3 is 0 Å². The maximum atomic E-state index is 13.1. The van der Waals surface area contributed by atoms with Crippen LogP contribution in [0.4, 0.5) is 0 Å². The van der Waals surface area contributed by atoms with Gasteiger partial charge in [-0.25, -0.2) is 18.4 Å². The molecule has 2 amide bonds. The van der Waals surface area contributed by atoms with Gasteiger partial charge in [0.2, 0.25) is 21.8 Å². The summed E-state index contributed by atoms with van der Waals surface area (Å²) >= 11 is 0. The average Bonchev–Trinajstić information content (AvgIpc) is 3.04. The Morgan fingerprint density at radius 1 is 1.06 bits per heavy atom. The molecule has 8 nitrogen and oxygen atoms in total. The number of aryl methyl sites for hydroxylation is 4. The number of imide groups is 1. The van der Waals surface area contributed by atoms with Crippen LogP contribution in [0.3, 0.4) is 0 Å². The molecule has 1 aliphatic heterocycles. The van der Waals surface area contributed by atoms with E-state index in [2.05, 4.69) is 14.7 Å². The van der Waals surface area contributed by atoms with Gasteiger partial charge in [0.15, 0.2) is 5.65 Å². The van der Waals surface area contributed by atoms with Crippen molar-refractivity contribution in [3.05, 3.63) is 65.0 Å². The minimum Gasteiger partial charge on any atom is -0.278 e. The quantitative estimate of drug-likeness (QED) is 0.492. The highest BCUT2D eigenvalue weighted by Crippen LogP contribution is 2.37. The van der Waals surface area contributed by atoms with Crippen molar-refractivity contribution < 1.29 is 18.0 Å². The van der Waals surface area contributed by atoms with E-state index in [4.69, 9.17) is 0 Å². The lowest BCUT2D eigenvalue weighted by Crippen LogP contribution is -2.50. The van der Waals surface area contributed by atoms with E-state index in [1.165, 1.54) is 4.90 Å². The van der Waals surface area contributed by atoms with Crippen molar-refractivity contribution in [3.63, 3.8) is 0 Å². The second-order valence-electron chi connectivity index (χ2n) is 10.1. The molecule has 3 aromatic rings. The molecule has 1 saturated heterocycles. The minimum atomic E-state index is -3.94. The number of amides is 2. The number of carbonyl (C=O) groups is 2. The number of aromatic nitrogens is 2. The van der Waals surface area contributed by atoms with Crippen LogP contribution in [0.2, 0.25) is 0 Å². The average molecular weight is 507 g/mol. The summed E-state index contributed by atoms with van der Waals surface area (Å²) in [6.45, 7) is 5.38. The molecular formula is C27H30N4O4S. The third kappa shape index (κ3) is 4.65. The number of sulfonamides is 1. The lowest BCUT2D eigenvalue weighted by molar-refractivity contribution is -0.144. The van der Waals surface area contributed by atoms with Crippen molar-refractivity contribution in [2.24, 2.45) is 5.92 Å². The van der Waals surface area contributed by atoms with Crippen molar-refractivity contribution >= 4 is 32.9 Å². The van der Waals surface area contributed by atoms with Gasteiger partial charge in [0.1, 0.15) is 6.04 Å². The van der Waals surface area contributed by atoms with Crippen LogP contribution < -0.4 is 4.72 Å². The molecule has 1 aliphatic carbocycles. The highest BCUT2D eigenvalue weighted by Gasteiger charge is 2.47. The van der Waals surface area contributed by atoms with Gasteiger partial charge in [-0.3, -0.25) is 14.5 Å². The SMILES string of the molecule is Cc1cc(C)c(S(=O)(=O)N[C@H]2CC(=O)N(C3CC(CCc4ccc5cccnc5n4)C3)C2=O)c(C)c1. The molecule has 0 unspecified atom stereocenters. The molecule has 188 valence electrons. The van der Waals surface area contributed by atoms with E-state index in [0.717, 1.165) is 48.0 Å². The highest BCUT2D eigenvalue weighted by atomic mass is 32.2. The first-order valence-electron chi connectivity index (χ1n) is 12.3. The van der Waals surface area contributed by atoms with Gasteiger partial charge in [-0.1, -0.05) is 17.7 Å². The molecule has 2 aromatic heterocycles. The fraction of sp³-hybridized carbons (Fsp3) is 0.407. The predicted molar refractivity (Wildman–Crippen MR) is 136 cm³/mol. The van der Waals surface area contributed by atoms with Gasteiger partial charge in [-0.2, -0.15) is 4.72 Å². The summed E-state index contributed by atoms with van der Waals surface area (Å²) in [4.78, 5) is 36.1. The number of hydrogen-bond donors (Lipinski definition) is 1. The molecule has 0 radical (unpaired) electrons. The number of rotatable bonds is 7. The fourth-order valence-corrected chi connectivity index (χ4v) is 7.24. The van der Waals surface area contributed by atoms with Crippen LogP contribution in [0.15, 0.2) is 47.5 Å². The molecule has 1 saturated carbocycles. The Labute approximate surface area is 211 Å². The van der Waals surface area contributed by atoms with Gasteiger partial charge in [-0.15, -0.1) is 0 Å². The second kappa shape index (κ2) is 9.37. The van der Waals surface area contributed by atoms with Crippen LogP contribution >= 0.6 is 0 Å². The normalized spacial score (nSPS) is 22.3. The second-order valence-corrected chi connectivity index (χ2v) is 11.7. The Kier molecular flexibility index (Phi) is 6.38. The smallest absolute Gasteiger partial charge is 0.248 e. The summed E-state index contributed by atoms with van der Waals surface area (Å²) in [7, 11) is -3.94. The minimum absolute atomic E-state index is 0.142. The number of nitrogens with one attached hydrogen (secondary N) is 1. The van der Waals surface area contributed by atoms with E-state index in [9.17, 15) is 18.0 Å². The van der Waals surface area contributed by atoms with E-state index in [0.29, 0.717) is 17.0 Å². The largest absolute Gasteiger partial charge is 0.278 e. The number of nitrogens with zero attached hydrogens (tertiary/aromatic N) is 3. The molecule has 1 atom stereocenters. The van der Waals surface area contributed by atoms with E-state index < -0.39 is 22.0 Å². The van der Waals surface area contributed by atoms with Crippen molar-refractivity contribution in [3.8, 4) is 0 Å². The topological polar surface area (TPSA) is 109 Å². The molecular weight excluding hydrogens is 476 g/mol. The van der Waals surface area contributed by atoms with Crippen LogP contribution in [0, 0.1) is 26.7 Å². The zero-order valence-electron chi connectivity index (χ0n) is 20.7. The maximum Gasteiger partial charge on any atom is 0.248 e. The molecule has 2 aliphatic rings. The first-order chi connectivity index (χ1) is 17.1. The highest BCUT2D eigenvalue weighted by molar-refractivity contribution is 7.89. The fourth-order valence-electron chi connectivity index (χ4n) is 5.59. The van der Waals surface area contributed by atoms with Gasteiger partial charge in [0, 0.05) is 23.3 Å². The summed E-state index contributed by atoms with van der Waals surface area (Å²) in [6, 6.07) is 10.3. The van der Waals surface area contributed by atoms with Gasteiger partial charge in [-0.05, 0) is 87.8 Å². The van der Waals surface area contributed by atoms with Crippen molar-refractivity contribution in [2.45, 2.75) is 69.9 Å². The molecule has 1 N–H and O–H groups in total. The summed E-state index contributed by atoms with van der Waals surface area (Å²) in [5.74, 6) is -0.363. The summed E-state index contributed by atoms with van der Waals surface area (Å²) in [6.07, 6.45) is 4.79. The molecule has 9 heteroatoms. The van der Waals surface area contributed by atoms with Crippen LogP contribution in [-0.4, -0.2) is 47.2 Å². The Bertz CT molecular complexity index is 1440. The summed E-state index contributed by atoms with van der Waals surface area (Å²) < 4.78 is 28.7. The third-order valence-corrected chi connectivity index (χ3v) is 9.04. The monoisotopic (exact) mass is 506 g/mol. The number of fused-ring (bicyclic) bond motifs is 1. The van der Waals surface area contributed by atoms with Crippen LogP contribution in [-0.2, 0) is 26.0 Å². The van der Waals surface area contributed by atoms with E-state index in [-0.39, 0.29) is 23.3 Å². The first kappa shape index (κ1) is 24.5. The van der Waals surface area contributed by atoms with Crippen LogP contribution in [0.1, 0.15) is 48.1 Å². The first-order valence-corrected chi connectivity index (χ1v) is 13.8. The van der Waals surface area contributed by atoms with Crippen molar-refractivity contribution in [1.29, 1.82) is 0 Å². The number of pyridine rings is 2.